The lowest BCUT2D eigenvalue weighted by atomic mass is 9.96. The molecule has 5 aromatic rings. The van der Waals surface area contributed by atoms with Gasteiger partial charge in [0.2, 0.25) is 11.9 Å². The van der Waals surface area contributed by atoms with E-state index in [-0.39, 0.29) is 54.0 Å². The number of hydrogen-bond acceptors (Lipinski definition) is 10. The summed E-state index contributed by atoms with van der Waals surface area (Å²) in [7, 11) is 0. The number of hydrogen-bond donors (Lipinski definition) is 2. The van der Waals surface area contributed by atoms with Gasteiger partial charge < -0.3 is 23.7 Å². The molecule has 0 aliphatic carbocycles. The average molecular weight is 702 g/mol. The Hall–Kier alpha value is -5.02. The molecule has 0 spiro atoms. The highest BCUT2D eigenvalue weighted by molar-refractivity contribution is 7.79. The third kappa shape index (κ3) is 7.89. The molecule has 3 aromatic carbocycles. The second-order valence-electron chi connectivity index (χ2n) is 12.0. The maximum atomic E-state index is 15.6. The number of fused-ring (bicyclic) bond motifs is 1. The summed E-state index contributed by atoms with van der Waals surface area (Å²) in [6, 6.07) is 27.6. The molecule has 6 rings (SSSR count). The number of nitrogens with zero attached hydrogens (tertiary/aromatic N) is 3. The Bertz CT molecular complexity index is 1960. The van der Waals surface area contributed by atoms with Crippen molar-refractivity contribution in [2.24, 2.45) is 5.92 Å². The van der Waals surface area contributed by atoms with Crippen LogP contribution < -0.4 is 15.6 Å². The van der Waals surface area contributed by atoms with Crippen LogP contribution in [0.2, 0.25) is 0 Å². The lowest BCUT2D eigenvalue weighted by Crippen LogP contribution is -2.51. The van der Waals surface area contributed by atoms with Gasteiger partial charge in [-0.3, -0.25) is 24.5 Å². The molecule has 1 amide bonds. The molecule has 4 atom stereocenters. The second-order valence-corrected chi connectivity index (χ2v) is 12.4. The van der Waals surface area contributed by atoms with E-state index in [0.717, 1.165) is 11.1 Å². The van der Waals surface area contributed by atoms with E-state index in [0.29, 0.717) is 5.75 Å². The highest BCUT2D eigenvalue weighted by atomic mass is 32.1. The number of anilines is 1. The number of ether oxygens (including phenoxy) is 5. The van der Waals surface area contributed by atoms with E-state index < -0.39 is 36.3 Å². The molecule has 0 bridgehead atoms. The van der Waals surface area contributed by atoms with Crippen LogP contribution in [0, 0.1) is 5.92 Å². The number of aromatic nitrogens is 4. The predicted molar refractivity (Wildman–Crippen MR) is 186 cm³/mol. The van der Waals surface area contributed by atoms with Crippen molar-refractivity contribution in [2.45, 2.75) is 51.1 Å². The van der Waals surface area contributed by atoms with Crippen molar-refractivity contribution in [1.29, 1.82) is 0 Å². The number of imidazole rings is 1. The molecule has 12 nitrogen and oxygen atoms in total. The first-order chi connectivity index (χ1) is 24.3. The molecule has 0 saturated carbocycles. The van der Waals surface area contributed by atoms with E-state index in [9.17, 15) is 9.59 Å². The molecule has 1 aliphatic rings. The SMILES string of the molecule is CC(C)C(=O)Nc1nc2c(ncn2[C@@H]2O[C@](CF)(COCc3ccccc3)[C@@H](OCc3ccccc3)[C@H]2OC(=S)Oc2ccccc2)c(=O)[nH]1. The van der Waals surface area contributed by atoms with Crippen LogP contribution in [0.15, 0.2) is 102 Å². The zero-order valence-corrected chi connectivity index (χ0v) is 28.2. The van der Waals surface area contributed by atoms with Crippen LogP contribution in [0.3, 0.4) is 0 Å². The number of benzene rings is 3. The normalized spacial score (nSPS) is 20.2. The van der Waals surface area contributed by atoms with Gasteiger partial charge in [-0.1, -0.05) is 92.7 Å². The Kier molecular flexibility index (Phi) is 10.9. The minimum absolute atomic E-state index is 0.0437. The Labute approximate surface area is 292 Å². The van der Waals surface area contributed by atoms with Crippen LogP contribution in [0.5, 0.6) is 5.75 Å². The number of rotatable bonds is 13. The van der Waals surface area contributed by atoms with E-state index in [1.54, 1.807) is 38.1 Å². The van der Waals surface area contributed by atoms with Gasteiger partial charge in [0.1, 0.15) is 18.5 Å². The van der Waals surface area contributed by atoms with Gasteiger partial charge in [-0.25, -0.2) is 9.37 Å². The van der Waals surface area contributed by atoms with Crippen molar-refractivity contribution in [1.82, 2.24) is 19.5 Å². The molecule has 1 saturated heterocycles. The number of H-pyrrole nitrogens is 1. The fourth-order valence-electron chi connectivity index (χ4n) is 5.50. The third-order valence-corrected chi connectivity index (χ3v) is 8.24. The number of halogens is 1. The first kappa shape index (κ1) is 34.8. The van der Waals surface area contributed by atoms with Crippen molar-refractivity contribution < 1.29 is 32.9 Å². The van der Waals surface area contributed by atoms with Crippen molar-refractivity contribution in [3.05, 3.63) is 119 Å². The number of alkyl halides is 1. The first-order valence-electron chi connectivity index (χ1n) is 16.0. The van der Waals surface area contributed by atoms with Gasteiger partial charge in [-0.2, -0.15) is 4.98 Å². The smallest absolute Gasteiger partial charge is 0.358 e. The fourth-order valence-corrected chi connectivity index (χ4v) is 5.70. The molecule has 0 unspecified atom stereocenters. The molecule has 1 aliphatic heterocycles. The predicted octanol–water partition coefficient (Wildman–Crippen LogP) is 5.50. The molecule has 1 fully saturated rings. The number of aromatic amines is 1. The maximum absolute atomic E-state index is 15.6. The van der Waals surface area contributed by atoms with Crippen LogP contribution in [0.25, 0.3) is 11.2 Å². The summed E-state index contributed by atoms with van der Waals surface area (Å²) in [5.74, 6) is -0.418. The summed E-state index contributed by atoms with van der Waals surface area (Å²) < 4.78 is 48.3. The van der Waals surface area contributed by atoms with Crippen molar-refractivity contribution in [3.63, 3.8) is 0 Å². The topological polar surface area (TPSA) is 139 Å². The average Bonchev–Trinajstić information content (AvgIpc) is 3.67. The van der Waals surface area contributed by atoms with Crippen molar-refractivity contribution in [3.8, 4) is 5.75 Å². The van der Waals surface area contributed by atoms with Gasteiger partial charge in [0.15, 0.2) is 29.1 Å². The number of nitrogens with one attached hydrogen (secondary N) is 2. The number of thiocarbonyl (C=S) groups is 1. The molecule has 260 valence electrons. The van der Waals surface area contributed by atoms with Gasteiger partial charge >= 0.3 is 5.24 Å². The Balaban J connectivity index is 1.40. The van der Waals surface area contributed by atoms with E-state index in [1.807, 2.05) is 66.7 Å². The van der Waals surface area contributed by atoms with E-state index >= 15 is 4.39 Å². The number of amides is 1. The summed E-state index contributed by atoms with van der Waals surface area (Å²) in [4.78, 5) is 36.9. The number of para-hydroxylation sites is 1. The molecule has 0 radical (unpaired) electrons. The molecule has 14 heteroatoms. The minimum atomic E-state index is -1.73. The second kappa shape index (κ2) is 15.7. The lowest BCUT2D eigenvalue weighted by molar-refractivity contribution is -0.164. The summed E-state index contributed by atoms with van der Waals surface area (Å²) in [5, 5.41) is 2.33. The molecule has 50 heavy (non-hydrogen) atoms. The van der Waals surface area contributed by atoms with E-state index in [4.69, 9.17) is 35.9 Å². The van der Waals surface area contributed by atoms with Crippen LogP contribution in [0.4, 0.5) is 10.3 Å². The Morgan fingerprint density at radius 3 is 2.30 bits per heavy atom. The Morgan fingerprint density at radius 1 is 1.02 bits per heavy atom. The van der Waals surface area contributed by atoms with Crippen LogP contribution in [-0.2, 0) is 37.0 Å². The van der Waals surface area contributed by atoms with Gasteiger partial charge in [0, 0.05) is 18.1 Å². The summed E-state index contributed by atoms with van der Waals surface area (Å²) in [6.07, 6.45) is -2.18. The largest absolute Gasteiger partial charge is 0.446 e. The van der Waals surface area contributed by atoms with Crippen molar-refractivity contribution >= 4 is 40.5 Å². The van der Waals surface area contributed by atoms with Gasteiger partial charge in [0.05, 0.1) is 26.1 Å². The highest BCUT2D eigenvalue weighted by Crippen LogP contribution is 2.43. The van der Waals surface area contributed by atoms with Gasteiger partial charge in [-0.05, 0) is 23.3 Å². The minimum Gasteiger partial charge on any atom is -0.446 e. The first-order valence-corrected chi connectivity index (χ1v) is 16.4. The van der Waals surface area contributed by atoms with Gasteiger partial charge in [-0.15, -0.1) is 0 Å². The molecular formula is C36H36FN5O7S. The standard InChI is InChI=1S/C36H36FN5O7S/c1-23(2)31(43)40-34-39-30-27(32(44)41-34)38-22-42(30)33-28(48-35(50)47-26-16-10-5-11-17-26)29(46-19-25-14-8-4-9-15-25)36(20-37,49-33)21-45-18-24-12-6-3-7-13-24/h3-17,22-23,28-29,33H,18-21H2,1-2H3,(H2,39,40,41,43,44)/t28-,29+,33-,36-/m1/s1. The molecule has 3 heterocycles. The van der Waals surface area contributed by atoms with Crippen LogP contribution in [0.1, 0.15) is 31.2 Å². The third-order valence-electron chi connectivity index (χ3n) is 8.06. The highest BCUT2D eigenvalue weighted by Gasteiger charge is 2.59. The van der Waals surface area contributed by atoms with E-state index in [1.165, 1.54) is 10.9 Å². The lowest BCUT2D eigenvalue weighted by Gasteiger charge is -2.32. The zero-order valence-electron chi connectivity index (χ0n) is 27.4. The summed E-state index contributed by atoms with van der Waals surface area (Å²) in [5.41, 5.74) is -0.634. The van der Waals surface area contributed by atoms with Crippen LogP contribution >= 0.6 is 12.2 Å². The van der Waals surface area contributed by atoms with E-state index in [2.05, 4.69) is 20.3 Å². The monoisotopic (exact) mass is 701 g/mol. The molecule has 2 N–H and O–H groups in total. The fraction of sp³-hybridized carbons (Fsp3) is 0.306. The Morgan fingerprint density at radius 2 is 1.66 bits per heavy atom. The molecular weight excluding hydrogens is 665 g/mol. The molecule has 2 aromatic heterocycles. The summed E-state index contributed by atoms with van der Waals surface area (Å²) >= 11 is 5.53. The quantitative estimate of drug-likeness (QED) is 0.151. The zero-order chi connectivity index (χ0) is 35.1. The van der Waals surface area contributed by atoms with Crippen molar-refractivity contribution in [2.75, 3.05) is 18.6 Å². The summed E-state index contributed by atoms with van der Waals surface area (Å²) in [6.45, 7) is 2.38. The number of carbonyl (C=O) groups is 1. The van der Waals surface area contributed by atoms with Crippen LogP contribution in [-0.4, -0.2) is 61.8 Å². The maximum Gasteiger partial charge on any atom is 0.358 e. The number of carbonyl (C=O) groups excluding carboxylic acids is 1. The van der Waals surface area contributed by atoms with Gasteiger partial charge in [0.25, 0.3) is 5.56 Å².